The summed E-state index contributed by atoms with van der Waals surface area (Å²) in [5.41, 5.74) is 39.0. The molecule has 131 heavy (non-hydrogen) atoms. The van der Waals surface area contributed by atoms with Crippen molar-refractivity contribution in [2.24, 2.45) is 0 Å². The van der Waals surface area contributed by atoms with Crippen molar-refractivity contribution in [2.75, 3.05) is 0 Å². The lowest BCUT2D eigenvalue weighted by molar-refractivity contribution is 0.346. The minimum atomic E-state index is -0.343. The molecule has 4 heterocycles. The van der Waals surface area contributed by atoms with Crippen molar-refractivity contribution in [2.45, 2.75) is 126 Å². The van der Waals surface area contributed by atoms with Crippen LogP contribution in [0.2, 0.25) is 0 Å². The van der Waals surface area contributed by atoms with E-state index in [0.29, 0.717) is 0 Å². The molecule has 0 radical (unpaired) electrons. The summed E-state index contributed by atoms with van der Waals surface area (Å²) in [7, 11) is 0. The summed E-state index contributed by atoms with van der Waals surface area (Å²) < 4.78 is 9.51. The van der Waals surface area contributed by atoms with Gasteiger partial charge in [0, 0.05) is 71.3 Å². The van der Waals surface area contributed by atoms with Crippen LogP contribution in [0.5, 0.6) is 0 Å². The number of para-hydroxylation sites is 7. The Kier molecular flexibility index (Phi) is 25.3. The quantitative estimate of drug-likeness (QED) is 0.122. The van der Waals surface area contributed by atoms with Gasteiger partial charge in [-0.15, -0.1) is 0 Å². The van der Waals surface area contributed by atoms with E-state index in [0.717, 1.165) is 0 Å². The highest BCUT2D eigenvalue weighted by molar-refractivity contribution is 6.14. The Labute approximate surface area is 773 Å². The monoisotopic (exact) mass is 1700 g/mol. The van der Waals surface area contributed by atoms with Gasteiger partial charge in [-0.25, -0.2) is 0 Å². The number of benzene rings is 18. The van der Waals surface area contributed by atoms with Crippen molar-refractivity contribution < 1.29 is 0 Å². The molecule has 1 aliphatic carbocycles. The molecule has 4 nitrogen and oxygen atoms in total. The van der Waals surface area contributed by atoms with E-state index in [2.05, 4.69) is 526 Å². The summed E-state index contributed by atoms with van der Waals surface area (Å²) in [6.45, 7) is 26.1. The predicted octanol–water partition coefficient (Wildman–Crippen LogP) is 33.8. The van der Waals surface area contributed by atoms with Crippen LogP contribution in [0.25, 0.3) is 110 Å². The molecule has 0 bridgehead atoms. The minimum Gasteiger partial charge on any atom is -0.309 e. The fourth-order valence-corrected chi connectivity index (χ4v) is 20.6. The minimum absolute atomic E-state index is 0.250. The van der Waals surface area contributed by atoms with Crippen molar-refractivity contribution in [3.63, 3.8) is 0 Å². The first-order chi connectivity index (χ1) is 64.0. The summed E-state index contributed by atoms with van der Waals surface area (Å²) in [6.07, 6.45) is 6.67. The summed E-state index contributed by atoms with van der Waals surface area (Å²) in [6, 6.07) is 153. The molecule has 23 rings (SSSR count). The van der Waals surface area contributed by atoms with Crippen LogP contribution in [0.4, 0.5) is 0 Å². The van der Waals surface area contributed by atoms with Crippen molar-refractivity contribution in [1.29, 1.82) is 0 Å². The van der Waals surface area contributed by atoms with Crippen LogP contribution in [0.3, 0.4) is 0 Å². The number of nitrogens with zero attached hydrogens (tertiary/aromatic N) is 4. The second kappa shape index (κ2) is 38.2. The van der Waals surface area contributed by atoms with E-state index < -0.39 is 0 Å². The highest BCUT2D eigenvalue weighted by Crippen LogP contribution is 2.48. The molecule has 4 aromatic heterocycles. The van der Waals surface area contributed by atoms with Crippen molar-refractivity contribution >= 4 is 87.2 Å². The maximum absolute atomic E-state index is 2.40. The van der Waals surface area contributed by atoms with Crippen LogP contribution < -0.4 is 0 Å². The fraction of sp³-hybridized carbons (Fsp3) is 0.150. The molecule has 1 fully saturated rings. The Bertz CT molecular complexity index is 7350. The highest BCUT2D eigenvalue weighted by atomic mass is 15.0. The molecule has 18 aromatic carbocycles. The van der Waals surface area contributed by atoms with E-state index in [9.17, 15) is 0 Å². The topological polar surface area (TPSA) is 19.7 Å². The maximum Gasteiger partial charge on any atom is 0.0701 e. The average molecular weight is 1700 g/mol. The second-order valence-electron chi connectivity index (χ2n) is 36.1. The Hall–Kier alpha value is -14.8. The van der Waals surface area contributed by atoms with Gasteiger partial charge in [0.15, 0.2) is 0 Å². The number of fused-ring (bicyclic) bond motifs is 12. The molecule has 0 unspecified atom stereocenters. The Balaban J connectivity index is 0.000000106. The first kappa shape index (κ1) is 86.9. The van der Waals surface area contributed by atoms with Crippen molar-refractivity contribution in [3.8, 4) is 22.7 Å². The van der Waals surface area contributed by atoms with Gasteiger partial charge in [0.1, 0.15) is 0 Å². The number of hydrogen-bond acceptors (Lipinski definition) is 0. The third-order valence-electron chi connectivity index (χ3n) is 27.1. The van der Waals surface area contributed by atoms with Gasteiger partial charge < -0.3 is 18.3 Å². The predicted molar refractivity (Wildman–Crippen MR) is 561 cm³/mol. The molecule has 0 aliphatic heterocycles. The highest BCUT2D eigenvalue weighted by Gasteiger charge is 2.39. The van der Waals surface area contributed by atoms with E-state index >= 15 is 0 Å². The molecule has 644 valence electrons. The Morgan fingerprint density at radius 1 is 0.191 bits per heavy atom. The van der Waals surface area contributed by atoms with Gasteiger partial charge in [-0.05, 0) is 253 Å². The first-order valence-electron chi connectivity index (χ1n) is 46.6. The zero-order valence-electron chi connectivity index (χ0n) is 77.7. The summed E-state index contributed by atoms with van der Waals surface area (Å²) in [5, 5.41) is 10.7. The normalized spacial score (nSPS) is 12.3. The Morgan fingerprint density at radius 2 is 0.466 bits per heavy atom. The molecule has 0 atom stereocenters. The van der Waals surface area contributed by atoms with E-state index in [4.69, 9.17) is 0 Å². The smallest absolute Gasteiger partial charge is 0.0701 e. The van der Waals surface area contributed by atoms with Gasteiger partial charge in [-0.1, -0.05) is 387 Å². The van der Waals surface area contributed by atoms with Crippen molar-refractivity contribution in [3.05, 3.63) is 525 Å². The Morgan fingerprint density at radius 3 is 0.840 bits per heavy atom. The summed E-state index contributed by atoms with van der Waals surface area (Å²) >= 11 is 0. The van der Waals surface area contributed by atoms with Crippen LogP contribution in [-0.4, -0.2) is 18.3 Å². The molecule has 4 heteroatoms. The van der Waals surface area contributed by atoms with Gasteiger partial charge in [-0.3, -0.25) is 0 Å². The molecule has 0 N–H and O–H groups in total. The molecular formula is C127H116N4. The van der Waals surface area contributed by atoms with Crippen LogP contribution in [0.1, 0.15) is 132 Å². The lowest BCUT2D eigenvalue weighted by atomic mass is 9.65. The van der Waals surface area contributed by atoms with Crippen LogP contribution >= 0.6 is 0 Å². The number of hydrogen-bond donors (Lipinski definition) is 0. The second-order valence-corrected chi connectivity index (χ2v) is 36.1. The van der Waals surface area contributed by atoms with E-state index in [1.165, 1.54) is 242 Å². The lowest BCUT2D eigenvalue weighted by Crippen LogP contribution is -2.31. The lowest BCUT2D eigenvalue weighted by Gasteiger charge is -2.38. The zero-order valence-corrected chi connectivity index (χ0v) is 77.7. The maximum atomic E-state index is 2.40. The van der Waals surface area contributed by atoms with Crippen molar-refractivity contribution in [1.82, 2.24) is 18.3 Å². The third-order valence-corrected chi connectivity index (χ3v) is 27.1. The molecular weight excluding hydrogens is 1580 g/mol. The molecule has 22 aromatic rings. The van der Waals surface area contributed by atoms with Gasteiger partial charge in [0.05, 0.1) is 49.5 Å². The van der Waals surface area contributed by atoms with E-state index in [-0.39, 0.29) is 10.8 Å². The number of aryl methyl sites for hydroxylation is 12. The van der Waals surface area contributed by atoms with Crippen LogP contribution in [0.15, 0.2) is 425 Å². The molecule has 1 aliphatic rings. The standard InChI is InChI=1S/C27H24.4C20H17N.C20H24/c1-21-13-17-25(18-14-21)27(23-9-5-3-6-10-23,24-11-7-4-8-12-24)26-19-15-22(2)16-20-26;1-14-8-7-13-18-19(14)17-12-6-9-15(2)20(17)21(18)16-10-4-3-5-11-16;1-14-8-6-12-17-19(14)20-15(2)9-7-13-18(20)21(17)16-10-4-3-5-11-16;1-14-8-6-12-17-18-13-7-9-15(2)20(18)21(19(14)17)16-10-4-3-5-11-16;1-14-8-10-17-18-11-9-15(2)13-20(18)21(19(17)12-14)16-6-4-3-5-7-16;1-16-6-10-18(11-7-16)20(14-4-3-5-15-20)19-12-8-17(2)9-13-19/h3-20H,1-2H3;4*3-13H,1-2H3;6-13H,3-5,14-15H2,1-2H3. The zero-order chi connectivity index (χ0) is 90.3. The van der Waals surface area contributed by atoms with E-state index in [1.54, 1.807) is 0 Å². The van der Waals surface area contributed by atoms with E-state index in [1.807, 2.05) is 0 Å². The number of aromatic nitrogens is 4. The summed E-state index contributed by atoms with van der Waals surface area (Å²) in [4.78, 5) is 0. The number of rotatable bonds is 10. The SMILES string of the molecule is Cc1ccc(C(c2ccccc2)(c2ccccc2)c2ccc(C)cc2)cc1.Cc1ccc(C2(c3ccc(C)cc3)CCCCC2)cc1.Cc1ccc2c3ccc(C)cc3n(-c3ccccc3)c2c1.Cc1cccc2c1c1c(C)cccc1n2-c1ccccc1.Cc1cccc2c1c1cccc(C)c1n2-c1ccccc1.Cc1cccc2c3cccc(C)c3n(-c3ccccc3)c12. The largest absolute Gasteiger partial charge is 0.309 e. The van der Waals surface area contributed by atoms with Crippen LogP contribution in [-0.2, 0) is 10.8 Å². The fourth-order valence-electron chi connectivity index (χ4n) is 20.6. The first-order valence-corrected chi connectivity index (χ1v) is 46.6. The van der Waals surface area contributed by atoms with Gasteiger partial charge in [-0.2, -0.15) is 0 Å². The van der Waals surface area contributed by atoms with Gasteiger partial charge in [0.2, 0.25) is 0 Å². The molecule has 0 spiro atoms. The molecule has 0 saturated heterocycles. The molecule has 1 saturated carbocycles. The van der Waals surface area contributed by atoms with Crippen LogP contribution in [0, 0.1) is 83.1 Å². The van der Waals surface area contributed by atoms with Gasteiger partial charge in [0.25, 0.3) is 0 Å². The van der Waals surface area contributed by atoms with Gasteiger partial charge >= 0.3 is 0 Å². The molecule has 0 amide bonds. The summed E-state index contributed by atoms with van der Waals surface area (Å²) in [5.74, 6) is 0. The third kappa shape index (κ3) is 17.2. The average Bonchev–Trinajstić information content (AvgIpc) is 1.55.